The van der Waals surface area contributed by atoms with Crippen molar-refractivity contribution in [2.45, 2.75) is 11.8 Å². The zero-order valence-corrected chi connectivity index (χ0v) is 19.5. The summed E-state index contributed by atoms with van der Waals surface area (Å²) in [5, 5.41) is 14.9. The largest absolute Gasteiger partial charge is 0.351 e. The van der Waals surface area contributed by atoms with Crippen LogP contribution in [0.2, 0.25) is 0 Å². The number of non-ortho nitro benzene ring substituents is 1. The maximum Gasteiger partial charge on any atom is 0.270 e. The minimum atomic E-state index is -0.377. The second-order valence-electron chi connectivity index (χ2n) is 7.42. The van der Waals surface area contributed by atoms with Gasteiger partial charge in [0, 0.05) is 56.3 Å². The number of fused-ring (bicyclic) bond motifs is 1. The highest BCUT2D eigenvalue weighted by Crippen LogP contribution is 2.31. The van der Waals surface area contributed by atoms with Crippen LogP contribution in [0, 0.1) is 10.1 Å². The van der Waals surface area contributed by atoms with Crippen LogP contribution in [0.15, 0.2) is 47.4 Å². The number of thioether (sulfide) groups is 1. The van der Waals surface area contributed by atoms with Crippen molar-refractivity contribution in [3.05, 3.63) is 58.1 Å². The van der Waals surface area contributed by atoms with E-state index in [1.807, 2.05) is 24.3 Å². The quantitative estimate of drug-likeness (QED) is 0.303. The van der Waals surface area contributed by atoms with E-state index in [1.54, 1.807) is 23.9 Å². The third kappa shape index (κ3) is 5.20. The lowest BCUT2D eigenvalue weighted by Gasteiger charge is -2.34. The summed E-state index contributed by atoms with van der Waals surface area (Å²) in [5.74, 6) is 0.906. The summed E-state index contributed by atoms with van der Waals surface area (Å²) in [7, 11) is 0. The molecule has 1 amide bonds. The molecule has 10 heteroatoms. The Kier molecular flexibility index (Phi) is 7.23. The smallest absolute Gasteiger partial charge is 0.270 e. The SMILES string of the molecule is CCSc1ccccc1C(=O)NCCN1CCN(c2nc3ccc([N+](=O)[O-])cc3s2)CC1. The molecular weight excluding hydrogens is 446 g/mol. The number of hydrogen-bond donors (Lipinski definition) is 1. The normalized spacial score (nSPS) is 14.6. The molecule has 1 aliphatic rings. The Morgan fingerprint density at radius 3 is 2.75 bits per heavy atom. The van der Waals surface area contributed by atoms with Gasteiger partial charge in [-0.25, -0.2) is 4.98 Å². The molecule has 32 heavy (non-hydrogen) atoms. The first kappa shape index (κ1) is 22.5. The van der Waals surface area contributed by atoms with Gasteiger partial charge in [-0.1, -0.05) is 30.4 Å². The van der Waals surface area contributed by atoms with E-state index in [4.69, 9.17) is 0 Å². The number of nitrogens with one attached hydrogen (secondary N) is 1. The Balaban J connectivity index is 1.27. The van der Waals surface area contributed by atoms with E-state index in [2.05, 4.69) is 27.0 Å². The molecule has 4 rings (SSSR count). The first-order chi connectivity index (χ1) is 15.5. The van der Waals surface area contributed by atoms with Gasteiger partial charge < -0.3 is 10.2 Å². The number of benzene rings is 2. The standard InChI is InChI=1S/C22H25N5O3S2/c1-2-31-19-6-4-3-5-17(19)21(28)23-9-10-25-11-13-26(14-12-25)22-24-18-8-7-16(27(29)30)15-20(18)32-22/h3-8,15H,2,9-14H2,1H3,(H,23,28). The molecule has 0 aliphatic carbocycles. The van der Waals surface area contributed by atoms with Crippen LogP contribution in [0.1, 0.15) is 17.3 Å². The molecule has 0 unspecified atom stereocenters. The molecule has 1 aliphatic heterocycles. The molecule has 1 fully saturated rings. The average Bonchev–Trinajstić information content (AvgIpc) is 3.23. The van der Waals surface area contributed by atoms with Crippen LogP contribution in [0.3, 0.4) is 0 Å². The van der Waals surface area contributed by atoms with Gasteiger partial charge in [0.2, 0.25) is 0 Å². The Morgan fingerprint density at radius 1 is 1.22 bits per heavy atom. The summed E-state index contributed by atoms with van der Waals surface area (Å²) in [6, 6.07) is 12.5. The third-order valence-electron chi connectivity index (χ3n) is 5.36. The molecule has 1 N–H and O–H groups in total. The number of anilines is 1. The molecular formula is C22H25N5O3S2. The fourth-order valence-electron chi connectivity index (χ4n) is 3.67. The maximum absolute atomic E-state index is 12.6. The fraction of sp³-hybridized carbons (Fsp3) is 0.364. The second kappa shape index (κ2) is 10.3. The van der Waals surface area contributed by atoms with Crippen molar-refractivity contribution < 1.29 is 9.72 Å². The van der Waals surface area contributed by atoms with Crippen molar-refractivity contribution in [1.29, 1.82) is 0 Å². The lowest BCUT2D eigenvalue weighted by molar-refractivity contribution is -0.384. The number of nitro benzene ring substituents is 1. The van der Waals surface area contributed by atoms with Crippen LogP contribution in [-0.4, -0.2) is 65.7 Å². The summed E-state index contributed by atoms with van der Waals surface area (Å²) in [4.78, 5) is 33.4. The zero-order valence-electron chi connectivity index (χ0n) is 17.8. The van der Waals surface area contributed by atoms with Gasteiger partial charge in [-0.15, -0.1) is 11.8 Å². The van der Waals surface area contributed by atoms with Gasteiger partial charge >= 0.3 is 0 Å². The van der Waals surface area contributed by atoms with E-state index in [-0.39, 0.29) is 16.5 Å². The highest BCUT2D eigenvalue weighted by atomic mass is 32.2. The van der Waals surface area contributed by atoms with E-state index in [1.165, 1.54) is 17.4 Å². The van der Waals surface area contributed by atoms with E-state index in [9.17, 15) is 14.9 Å². The number of aromatic nitrogens is 1. The number of amides is 1. The summed E-state index contributed by atoms with van der Waals surface area (Å²) >= 11 is 3.17. The van der Waals surface area contributed by atoms with Crippen LogP contribution in [-0.2, 0) is 0 Å². The Labute approximate surface area is 194 Å². The highest BCUT2D eigenvalue weighted by molar-refractivity contribution is 7.99. The van der Waals surface area contributed by atoms with Gasteiger partial charge in [-0.2, -0.15) is 0 Å². The topological polar surface area (TPSA) is 91.6 Å². The number of hydrogen-bond acceptors (Lipinski definition) is 8. The predicted octanol–water partition coefficient (Wildman–Crippen LogP) is 3.87. The number of piperazine rings is 1. The predicted molar refractivity (Wildman–Crippen MR) is 130 cm³/mol. The molecule has 1 saturated heterocycles. The van der Waals surface area contributed by atoms with Gasteiger partial charge in [0.25, 0.3) is 11.6 Å². The van der Waals surface area contributed by atoms with Crippen LogP contribution in [0.4, 0.5) is 10.8 Å². The number of nitrogens with zero attached hydrogens (tertiary/aromatic N) is 4. The monoisotopic (exact) mass is 471 g/mol. The van der Waals surface area contributed by atoms with Crippen LogP contribution < -0.4 is 10.2 Å². The number of thiazole rings is 1. The van der Waals surface area contributed by atoms with Crippen LogP contribution in [0.5, 0.6) is 0 Å². The molecule has 8 nitrogen and oxygen atoms in total. The molecule has 1 aromatic heterocycles. The number of carbonyl (C=O) groups is 1. The Morgan fingerprint density at radius 2 is 2.00 bits per heavy atom. The van der Waals surface area contributed by atoms with Gasteiger partial charge in [0.05, 0.1) is 20.7 Å². The van der Waals surface area contributed by atoms with Crippen molar-refractivity contribution >= 4 is 50.0 Å². The number of carbonyl (C=O) groups excluding carboxylic acids is 1. The molecule has 2 aromatic carbocycles. The first-order valence-corrected chi connectivity index (χ1v) is 12.4. The highest BCUT2D eigenvalue weighted by Gasteiger charge is 2.21. The molecule has 3 aromatic rings. The maximum atomic E-state index is 12.6. The zero-order chi connectivity index (χ0) is 22.5. The minimum absolute atomic E-state index is 0.0243. The molecule has 168 valence electrons. The Bertz CT molecular complexity index is 1110. The van der Waals surface area contributed by atoms with Gasteiger partial charge in [0.15, 0.2) is 5.13 Å². The number of nitro groups is 1. The van der Waals surface area contributed by atoms with Gasteiger partial charge in [-0.05, 0) is 24.0 Å². The number of rotatable bonds is 8. The molecule has 0 atom stereocenters. The molecule has 0 spiro atoms. The fourth-order valence-corrected chi connectivity index (χ4v) is 5.52. The second-order valence-corrected chi connectivity index (χ2v) is 9.73. The summed E-state index contributed by atoms with van der Waals surface area (Å²) < 4.78 is 0.834. The minimum Gasteiger partial charge on any atom is -0.351 e. The molecule has 0 saturated carbocycles. The van der Waals surface area contributed by atoms with E-state index < -0.39 is 0 Å². The molecule has 0 bridgehead atoms. The summed E-state index contributed by atoms with van der Waals surface area (Å²) in [5.41, 5.74) is 1.62. The van der Waals surface area contributed by atoms with E-state index in [0.29, 0.717) is 6.54 Å². The molecule has 0 radical (unpaired) electrons. The average molecular weight is 472 g/mol. The van der Waals surface area contributed by atoms with Crippen molar-refractivity contribution in [3.63, 3.8) is 0 Å². The van der Waals surface area contributed by atoms with E-state index in [0.717, 1.165) is 64.3 Å². The van der Waals surface area contributed by atoms with Crippen molar-refractivity contribution in [2.24, 2.45) is 0 Å². The summed E-state index contributed by atoms with van der Waals surface area (Å²) in [6.45, 7) is 6.93. The van der Waals surface area contributed by atoms with Crippen molar-refractivity contribution in [1.82, 2.24) is 15.2 Å². The lowest BCUT2D eigenvalue weighted by atomic mass is 10.2. The van der Waals surface area contributed by atoms with Crippen LogP contribution >= 0.6 is 23.1 Å². The molecule has 2 heterocycles. The van der Waals surface area contributed by atoms with Gasteiger partial charge in [-0.3, -0.25) is 19.8 Å². The van der Waals surface area contributed by atoms with Gasteiger partial charge in [0.1, 0.15) is 0 Å². The summed E-state index contributed by atoms with van der Waals surface area (Å²) in [6.07, 6.45) is 0. The lowest BCUT2D eigenvalue weighted by Crippen LogP contribution is -2.48. The van der Waals surface area contributed by atoms with Crippen molar-refractivity contribution in [2.75, 3.05) is 49.9 Å². The van der Waals surface area contributed by atoms with Crippen molar-refractivity contribution in [3.8, 4) is 0 Å². The van der Waals surface area contributed by atoms with E-state index >= 15 is 0 Å². The third-order valence-corrected chi connectivity index (χ3v) is 7.39. The Hall–Kier alpha value is -2.69. The van der Waals surface area contributed by atoms with Crippen LogP contribution in [0.25, 0.3) is 10.2 Å². The first-order valence-electron chi connectivity index (χ1n) is 10.6.